The Labute approximate surface area is 103 Å². The number of aliphatic imine (C=N–C) groups is 1. The molecule has 5 heteroatoms. The molecule has 1 aromatic carbocycles. The van der Waals surface area contributed by atoms with Crippen molar-refractivity contribution in [3.05, 3.63) is 28.5 Å². The number of isocyanates is 1. The molecule has 0 atom stereocenters. The van der Waals surface area contributed by atoms with E-state index >= 15 is 0 Å². The molecule has 0 spiro atoms. The minimum atomic E-state index is -0.758. The van der Waals surface area contributed by atoms with Gasteiger partial charge in [0.1, 0.15) is 5.54 Å². The van der Waals surface area contributed by atoms with E-state index in [4.69, 9.17) is 16.3 Å². The summed E-state index contributed by atoms with van der Waals surface area (Å²) in [5.74, 6) is -0.435. The first-order valence-electron chi connectivity index (χ1n) is 5.26. The van der Waals surface area contributed by atoms with Gasteiger partial charge in [0, 0.05) is 5.56 Å². The molecule has 0 radical (unpaired) electrons. The van der Waals surface area contributed by atoms with Crippen LogP contribution in [0.15, 0.2) is 17.1 Å². The van der Waals surface area contributed by atoms with Crippen molar-refractivity contribution in [1.82, 2.24) is 0 Å². The van der Waals surface area contributed by atoms with E-state index in [1.54, 1.807) is 6.08 Å². The number of hydrogen-bond donors (Lipinski definition) is 0. The zero-order chi connectivity index (χ0) is 12.5. The Morgan fingerprint density at radius 1 is 1.53 bits per heavy atom. The molecule has 0 bridgehead atoms. The van der Waals surface area contributed by atoms with Crippen LogP contribution in [0.3, 0.4) is 0 Å². The molecule has 1 aromatic rings. The van der Waals surface area contributed by atoms with Crippen LogP contribution in [-0.2, 0) is 10.3 Å². The molecule has 0 amide bonds. The van der Waals surface area contributed by atoms with E-state index in [0.717, 1.165) is 6.42 Å². The van der Waals surface area contributed by atoms with Gasteiger partial charge in [0.2, 0.25) is 6.08 Å². The summed E-state index contributed by atoms with van der Waals surface area (Å²) in [6, 6.07) is 2.69. The van der Waals surface area contributed by atoms with Crippen LogP contribution in [0.1, 0.15) is 24.8 Å². The SMILES string of the molecule is COc1c(F)ccc(Cl)c1C1(N=C=O)CCC1. The Hall–Kier alpha value is -1.38. The van der Waals surface area contributed by atoms with Crippen molar-refractivity contribution in [2.24, 2.45) is 4.99 Å². The lowest BCUT2D eigenvalue weighted by atomic mass is 9.72. The Morgan fingerprint density at radius 2 is 2.24 bits per heavy atom. The number of methoxy groups -OCH3 is 1. The van der Waals surface area contributed by atoms with Crippen LogP contribution < -0.4 is 4.74 Å². The Kier molecular flexibility index (Phi) is 3.18. The quantitative estimate of drug-likeness (QED) is 0.615. The topological polar surface area (TPSA) is 38.7 Å². The Bertz CT molecular complexity index is 494. The maximum Gasteiger partial charge on any atom is 0.235 e. The minimum absolute atomic E-state index is 0.0659. The number of nitrogens with zero attached hydrogens (tertiary/aromatic N) is 1. The van der Waals surface area contributed by atoms with Gasteiger partial charge in [0.05, 0.1) is 12.1 Å². The van der Waals surface area contributed by atoms with Crippen LogP contribution >= 0.6 is 11.6 Å². The first-order valence-corrected chi connectivity index (χ1v) is 5.64. The van der Waals surface area contributed by atoms with Crippen LogP contribution in [-0.4, -0.2) is 13.2 Å². The normalized spacial score (nSPS) is 16.9. The predicted molar refractivity (Wildman–Crippen MR) is 61.6 cm³/mol. The van der Waals surface area contributed by atoms with Gasteiger partial charge in [-0.1, -0.05) is 11.6 Å². The second-order valence-electron chi connectivity index (χ2n) is 4.03. The third-order valence-corrected chi connectivity index (χ3v) is 3.48. The standard InChI is InChI=1S/C12H11ClFNO2/c1-17-11-9(14)4-3-8(13)10(11)12(15-7-16)5-2-6-12/h3-4H,2,5-6H2,1H3. The van der Waals surface area contributed by atoms with E-state index in [9.17, 15) is 9.18 Å². The fraction of sp³-hybridized carbons (Fsp3) is 0.417. The number of benzene rings is 1. The lowest BCUT2D eigenvalue weighted by Crippen LogP contribution is -2.33. The van der Waals surface area contributed by atoms with Crippen molar-refractivity contribution >= 4 is 17.7 Å². The zero-order valence-electron chi connectivity index (χ0n) is 9.30. The summed E-state index contributed by atoms with van der Waals surface area (Å²) in [7, 11) is 1.37. The van der Waals surface area contributed by atoms with Crippen molar-refractivity contribution in [2.75, 3.05) is 7.11 Å². The molecule has 1 fully saturated rings. The number of ether oxygens (including phenoxy) is 1. The molecule has 1 aliphatic rings. The highest BCUT2D eigenvalue weighted by Gasteiger charge is 2.43. The molecule has 0 heterocycles. The lowest BCUT2D eigenvalue weighted by molar-refractivity contribution is 0.243. The van der Waals surface area contributed by atoms with Gasteiger partial charge in [-0.2, -0.15) is 4.99 Å². The molecule has 0 saturated heterocycles. The Morgan fingerprint density at radius 3 is 2.71 bits per heavy atom. The fourth-order valence-corrected chi connectivity index (χ4v) is 2.51. The summed E-state index contributed by atoms with van der Waals surface area (Å²) >= 11 is 6.08. The predicted octanol–water partition coefficient (Wildman–Crippen LogP) is 3.20. The van der Waals surface area contributed by atoms with E-state index in [1.807, 2.05) is 0 Å². The molecule has 3 nitrogen and oxygen atoms in total. The van der Waals surface area contributed by atoms with Gasteiger partial charge >= 0.3 is 0 Å². The molecule has 1 aliphatic carbocycles. The lowest BCUT2D eigenvalue weighted by Gasteiger charge is -2.38. The van der Waals surface area contributed by atoms with Crippen molar-refractivity contribution in [3.8, 4) is 5.75 Å². The molecular formula is C12H11ClFNO2. The molecule has 1 saturated carbocycles. The molecule has 90 valence electrons. The van der Waals surface area contributed by atoms with E-state index in [-0.39, 0.29) is 5.75 Å². The summed E-state index contributed by atoms with van der Waals surface area (Å²) in [6.07, 6.45) is 3.77. The van der Waals surface area contributed by atoms with Crippen LogP contribution in [0.5, 0.6) is 5.75 Å². The molecule has 2 rings (SSSR count). The molecule has 17 heavy (non-hydrogen) atoms. The smallest absolute Gasteiger partial charge is 0.235 e. The van der Waals surface area contributed by atoms with Crippen molar-refractivity contribution in [1.29, 1.82) is 0 Å². The van der Waals surface area contributed by atoms with Gasteiger partial charge in [-0.05, 0) is 31.4 Å². The van der Waals surface area contributed by atoms with E-state index in [1.165, 1.54) is 19.2 Å². The third kappa shape index (κ3) is 1.84. The number of halogens is 2. The first-order chi connectivity index (χ1) is 8.14. The van der Waals surface area contributed by atoms with Crippen molar-refractivity contribution < 1.29 is 13.9 Å². The molecule has 0 aliphatic heterocycles. The summed E-state index contributed by atoms with van der Waals surface area (Å²) in [5, 5.41) is 0.363. The maximum atomic E-state index is 13.6. The van der Waals surface area contributed by atoms with E-state index in [2.05, 4.69) is 4.99 Å². The molecule has 0 aromatic heterocycles. The second-order valence-corrected chi connectivity index (χ2v) is 4.43. The average molecular weight is 256 g/mol. The second kappa shape index (κ2) is 4.47. The minimum Gasteiger partial charge on any atom is -0.493 e. The summed E-state index contributed by atoms with van der Waals surface area (Å²) in [4.78, 5) is 14.3. The molecule has 0 unspecified atom stereocenters. The Balaban J connectivity index is 2.64. The highest BCUT2D eigenvalue weighted by atomic mass is 35.5. The average Bonchev–Trinajstić information content (AvgIpc) is 2.27. The molecular weight excluding hydrogens is 245 g/mol. The summed E-state index contributed by atoms with van der Waals surface area (Å²) in [6.45, 7) is 0. The van der Waals surface area contributed by atoms with Gasteiger partial charge in [0.25, 0.3) is 0 Å². The number of hydrogen-bond acceptors (Lipinski definition) is 3. The van der Waals surface area contributed by atoms with Crippen LogP contribution in [0.2, 0.25) is 5.02 Å². The number of carbonyl (C=O) groups excluding carboxylic acids is 1. The molecule has 0 N–H and O–H groups in total. The largest absolute Gasteiger partial charge is 0.493 e. The zero-order valence-corrected chi connectivity index (χ0v) is 10.1. The van der Waals surface area contributed by atoms with Gasteiger partial charge in [-0.3, -0.25) is 0 Å². The fourth-order valence-electron chi connectivity index (χ4n) is 2.18. The maximum absolute atomic E-state index is 13.6. The highest BCUT2D eigenvalue weighted by molar-refractivity contribution is 6.31. The van der Waals surface area contributed by atoms with Crippen LogP contribution in [0.25, 0.3) is 0 Å². The van der Waals surface area contributed by atoms with Gasteiger partial charge < -0.3 is 4.74 Å². The summed E-state index contributed by atoms with van der Waals surface area (Å²) in [5.41, 5.74) is -0.303. The van der Waals surface area contributed by atoms with Gasteiger partial charge in [-0.25, -0.2) is 9.18 Å². The highest BCUT2D eigenvalue weighted by Crippen LogP contribution is 2.51. The van der Waals surface area contributed by atoms with Gasteiger partial charge in [0.15, 0.2) is 11.6 Å². The van der Waals surface area contributed by atoms with Crippen molar-refractivity contribution in [3.63, 3.8) is 0 Å². The number of rotatable bonds is 3. The van der Waals surface area contributed by atoms with Gasteiger partial charge in [-0.15, -0.1) is 0 Å². The summed E-state index contributed by atoms with van der Waals surface area (Å²) < 4.78 is 18.7. The van der Waals surface area contributed by atoms with E-state index < -0.39 is 11.4 Å². The first kappa shape index (κ1) is 12.1. The van der Waals surface area contributed by atoms with E-state index in [0.29, 0.717) is 23.4 Å². The monoisotopic (exact) mass is 255 g/mol. The van der Waals surface area contributed by atoms with Crippen LogP contribution in [0, 0.1) is 5.82 Å². The van der Waals surface area contributed by atoms with Crippen LogP contribution in [0.4, 0.5) is 4.39 Å². The van der Waals surface area contributed by atoms with Crippen molar-refractivity contribution in [2.45, 2.75) is 24.8 Å². The third-order valence-electron chi connectivity index (χ3n) is 3.17.